The Morgan fingerprint density at radius 2 is 2.07 bits per heavy atom. The van der Waals surface area contributed by atoms with E-state index in [1.807, 2.05) is 24.3 Å². The van der Waals surface area contributed by atoms with Crippen molar-refractivity contribution in [1.29, 1.82) is 5.26 Å². The fourth-order valence-electron chi connectivity index (χ4n) is 4.25. The summed E-state index contributed by atoms with van der Waals surface area (Å²) in [5.41, 5.74) is 23.7. The van der Waals surface area contributed by atoms with Crippen LogP contribution in [0.2, 0.25) is 0 Å². The second-order valence-electron chi connectivity index (χ2n) is 7.21. The quantitative estimate of drug-likeness (QED) is 0.647. The maximum absolute atomic E-state index is 9.79. The lowest BCUT2D eigenvalue weighted by Gasteiger charge is -2.29. The average Bonchev–Trinajstić information content (AvgIpc) is 3.16. The number of hydrogen-bond donors (Lipinski definition) is 4. The Bertz CT molecular complexity index is 889. The molecule has 7 nitrogen and oxygen atoms in total. The minimum absolute atomic E-state index is 0.0204. The van der Waals surface area contributed by atoms with Gasteiger partial charge in [0.05, 0.1) is 18.7 Å². The normalized spacial score (nSPS) is 24.3. The van der Waals surface area contributed by atoms with Gasteiger partial charge >= 0.3 is 0 Å². The third kappa shape index (κ3) is 3.12. The van der Waals surface area contributed by atoms with Crippen molar-refractivity contribution in [2.45, 2.75) is 37.3 Å². The number of anilines is 1. The Balaban J connectivity index is 1.81. The molecule has 27 heavy (non-hydrogen) atoms. The van der Waals surface area contributed by atoms with Gasteiger partial charge in [-0.05, 0) is 48.1 Å². The fraction of sp³-hybridized carbons (Fsp3) is 0.400. The van der Waals surface area contributed by atoms with Gasteiger partial charge in [-0.3, -0.25) is 5.43 Å². The maximum Gasteiger partial charge on any atom is 0.141 e. The molecule has 1 aromatic heterocycles. The largest absolute Gasteiger partial charge is 0.497 e. The minimum atomic E-state index is 0.0204. The standard InChI is InChI=1S/C20H24N6O/c1-27-13-5-2-11(3-6-13)19-16(10-24-26-19)18-14-8-12(22)4-7-17(14)25-20(23)15(18)9-21/h2-3,5-6,12,16,19,24,26H,4,7-8,10,22H2,1H3,(H2,23,25). The zero-order valence-electron chi connectivity index (χ0n) is 15.3. The highest BCUT2D eigenvalue weighted by atomic mass is 16.5. The number of ether oxygens (including phenoxy) is 1. The third-order valence-electron chi connectivity index (χ3n) is 5.61. The van der Waals surface area contributed by atoms with Crippen LogP contribution in [0.15, 0.2) is 24.3 Å². The van der Waals surface area contributed by atoms with Crippen LogP contribution in [0.4, 0.5) is 5.82 Å². The molecular formula is C20H24N6O. The Hall–Kier alpha value is -2.66. The number of methoxy groups -OCH3 is 1. The van der Waals surface area contributed by atoms with Crippen LogP contribution in [0.5, 0.6) is 5.75 Å². The van der Waals surface area contributed by atoms with Crippen molar-refractivity contribution < 1.29 is 4.74 Å². The maximum atomic E-state index is 9.79. The summed E-state index contributed by atoms with van der Waals surface area (Å²) in [4.78, 5) is 4.51. The van der Waals surface area contributed by atoms with Crippen molar-refractivity contribution in [3.05, 3.63) is 52.2 Å². The second-order valence-corrected chi connectivity index (χ2v) is 7.21. The van der Waals surface area contributed by atoms with Crippen LogP contribution < -0.4 is 27.1 Å². The summed E-state index contributed by atoms with van der Waals surface area (Å²) in [5.74, 6) is 1.20. The number of nitriles is 1. The van der Waals surface area contributed by atoms with Gasteiger partial charge in [-0.2, -0.15) is 5.26 Å². The number of rotatable bonds is 3. The van der Waals surface area contributed by atoms with E-state index >= 15 is 0 Å². The molecule has 2 aromatic rings. The molecule has 3 atom stereocenters. The van der Waals surface area contributed by atoms with E-state index in [1.54, 1.807) is 7.11 Å². The number of nitrogens with zero attached hydrogens (tertiary/aromatic N) is 2. The Labute approximate surface area is 158 Å². The fourth-order valence-corrected chi connectivity index (χ4v) is 4.25. The molecule has 1 fully saturated rings. The average molecular weight is 364 g/mol. The number of benzene rings is 1. The van der Waals surface area contributed by atoms with Crippen molar-refractivity contribution in [2.75, 3.05) is 19.4 Å². The van der Waals surface area contributed by atoms with Gasteiger partial charge in [-0.25, -0.2) is 10.4 Å². The van der Waals surface area contributed by atoms with E-state index in [9.17, 15) is 5.26 Å². The van der Waals surface area contributed by atoms with Gasteiger partial charge in [-0.1, -0.05) is 12.1 Å². The summed E-state index contributed by atoms with van der Waals surface area (Å²) in [7, 11) is 1.65. The van der Waals surface area contributed by atoms with Gasteiger partial charge in [0.1, 0.15) is 17.6 Å². The van der Waals surface area contributed by atoms with Gasteiger partial charge in [0.15, 0.2) is 0 Å². The van der Waals surface area contributed by atoms with Crippen LogP contribution in [0.3, 0.4) is 0 Å². The molecule has 140 valence electrons. The van der Waals surface area contributed by atoms with E-state index in [1.165, 1.54) is 0 Å². The summed E-state index contributed by atoms with van der Waals surface area (Å²) >= 11 is 0. The molecular weight excluding hydrogens is 340 g/mol. The number of pyridine rings is 1. The number of hydrazine groups is 1. The van der Waals surface area contributed by atoms with E-state index in [4.69, 9.17) is 16.2 Å². The molecule has 3 unspecified atom stereocenters. The summed E-state index contributed by atoms with van der Waals surface area (Å²) in [5, 5.41) is 9.79. The molecule has 0 saturated carbocycles. The minimum Gasteiger partial charge on any atom is -0.497 e. The SMILES string of the molecule is COc1ccc(C2NNCC2c2c(C#N)c(N)nc3c2CC(N)CC3)cc1. The second kappa shape index (κ2) is 7.16. The van der Waals surface area contributed by atoms with Crippen LogP contribution in [0.25, 0.3) is 0 Å². The Morgan fingerprint density at radius 3 is 2.78 bits per heavy atom. The number of aryl methyl sites for hydroxylation is 1. The van der Waals surface area contributed by atoms with Crippen LogP contribution in [-0.2, 0) is 12.8 Å². The molecule has 6 N–H and O–H groups in total. The van der Waals surface area contributed by atoms with E-state index in [0.29, 0.717) is 17.9 Å². The van der Waals surface area contributed by atoms with Crippen molar-refractivity contribution in [3.8, 4) is 11.8 Å². The molecule has 7 heteroatoms. The first-order chi connectivity index (χ1) is 13.1. The highest BCUT2D eigenvalue weighted by molar-refractivity contribution is 5.60. The van der Waals surface area contributed by atoms with Crippen LogP contribution in [-0.4, -0.2) is 24.7 Å². The molecule has 0 bridgehead atoms. The molecule has 1 aliphatic heterocycles. The number of nitrogens with two attached hydrogens (primary N) is 2. The van der Waals surface area contributed by atoms with E-state index in [0.717, 1.165) is 47.4 Å². The monoisotopic (exact) mass is 364 g/mol. The molecule has 2 heterocycles. The van der Waals surface area contributed by atoms with Crippen molar-refractivity contribution in [1.82, 2.24) is 15.8 Å². The zero-order valence-corrected chi connectivity index (χ0v) is 15.3. The third-order valence-corrected chi connectivity index (χ3v) is 5.61. The van der Waals surface area contributed by atoms with E-state index in [2.05, 4.69) is 21.9 Å². The lowest BCUT2D eigenvalue weighted by atomic mass is 9.79. The summed E-state index contributed by atoms with van der Waals surface area (Å²) in [6.45, 7) is 0.705. The molecule has 1 aromatic carbocycles. The first-order valence-corrected chi connectivity index (χ1v) is 9.21. The lowest BCUT2D eigenvalue weighted by molar-refractivity contribution is 0.414. The van der Waals surface area contributed by atoms with Crippen molar-refractivity contribution in [3.63, 3.8) is 0 Å². The number of nitrogen functional groups attached to an aromatic ring is 1. The first-order valence-electron chi connectivity index (χ1n) is 9.21. The number of hydrogen-bond acceptors (Lipinski definition) is 7. The van der Waals surface area contributed by atoms with Crippen LogP contribution in [0, 0.1) is 11.3 Å². The van der Waals surface area contributed by atoms with Crippen molar-refractivity contribution in [2.24, 2.45) is 5.73 Å². The van der Waals surface area contributed by atoms with Gasteiger partial charge in [0, 0.05) is 24.2 Å². The molecule has 0 spiro atoms. The lowest BCUT2D eigenvalue weighted by Crippen LogP contribution is -2.31. The highest BCUT2D eigenvalue weighted by Gasteiger charge is 2.36. The van der Waals surface area contributed by atoms with Gasteiger partial charge in [0.25, 0.3) is 0 Å². The highest BCUT2D eigenvalue weighted by Crippen LogP contribution is 2.40. The summed E-state index contributed by atoms with van der Waals surface area (Å²) in [6.07, 6.45) is 2.44. The van der Waals surface area contributed by atoms with E-state index < -0.39 is 0 Å². The summed E-state index contributed by atoms with van der Waals surface area (Å²) in [6, 6.07) is 10.4. The predicted molar refractivity (Wildman–Crippen MR) is 103 cm³/mol. The topological polar surface area (TPSA) is 122 Å². The van der Waals surface area contributed by atoms with Crippen molar-refractivity contribution >= 4 is 5.82 Å². The molecule has 0 radical (unpaired) electrons. The van der Waals surface area contributed by atoms with E-state index in [-0.39, 0.29) is 18.0 Å². The number of aromatic nitrogens is 1. The molecule has 1 aliphatic carbocycles. The zero-order chi connectivity index (χ0) is 19.0. The van der Waals surface area contributed by atoms with Crippen LogP contribution in [0.1, 0.15) is 46.3 Å². The predicted octanol–water partition coefficient (Wildman–Crippen LogP) is 1.29. The first kappa shape index (κ1) is 17.7. The van der Waals surface area contributed by atoms with Crippen LogP contribution >= 0.6 is 0 Å². The van der Waals surface area contributed by atoms with Gasteiger partial charge in [-0.15, -0.1) is 0 Å². The number of fused-ring (bicyclic) bond motifs is 1. The molecule has 4 rings (SSSR count). The summed E-state index contributed by atoms with van der Waals surface area (Å²) < 4.78 is 5.26. The molecule has 0 amide bonds. The smallest absolute Gasteiger partial charge is 0.141 e. The molecule has 1 saturated heterocycles. The Morgan fingerprint density at radius 1 is 1.30 bits per heavy atom. The molecule has 2 aliphatic rings. The Kier molecular flexibility index (Phi) is 4.70. The number of nitrogens with one attached hydrogen (secondary N) is 2. The van der Waals surface area contributed by atoms with Gasteiger partial charge < -0.3 is 16.2 Å². The van der Waals surface area contributed by atoms with Gasteiger partial charge in [0.2, 0.25) is 0 Å².